The lowest BCUT2D eigenvalue weighted by molar-refractivity contribution is 0.296. The molecule has 3 aromatic rings. The van der Waals surface area contributed by atoms with E-state index in [-0.39, 0.29) is 0 Å². The molecule has 0 fully saturated rings. The number of hydrogen-bond donors (Lipinski definition) is 2. The second kappa shape index (κ2) is 10.6. The molecule has 0 radical (unpaired) electrons. The molecule has 0 atom stereocenters. The second-order valence-electron chi connectivity index (χ2n) is 6.00. The Bertz CT molecular complexity index is 979. The van der Waals surface area contributed by atoms with Crippen LogP contribution in [0.1, 0.15) is 11.1 Å². The van der Waals surface area contributed by atoms with E-state index in [0.29, 0.717) is 11.7 Å². The molecule has 3 aromatic carbocycles. The lowest BCUT2D eigenvalue weighted by Crippen LogP contribution is -2.23. The van der Waals surface area contributed by atoms with Gasteiger partial charge in [0.15, 0.2) is 5.11 Å². The number of benzene rings is 3. The van der Waals surface area contributed by atoms with Crippen LogP contribution in [-0.4, -0.2) is 18.4 Å². The summed E-state index contributed by atoms with van der Waals surface area (Å²) in [5.41, 5.74) is 5.53. The number of para-hydroxylation sites is 1. The summed E-state index contributed by atoms with van der Waals surface area (Å²) in [4.78, 5) is 0. The predicted octanol–water partition coefficient (Wildman–Crippen LogP) is 5.36. The van der Waals surface area contributed by atoms with Gasteiger partial charge in [-0.05, 0) is 72.4 Å². The largest absolute Gasteiger partial charge is 0.496 e. The first-order valence-corrected chi connectivity index (χ1v) is 10.0. The van der Waals surface area contributed by atoms with Gasteiger partial charge in [-0.15, -0.1) is 0 Å². The molecule has 0 saturated carbocycles. The molecule has 5 nitrogen and oxygen atoms in total. The van der Waals surface area contributed by atoms with Crippen molar-refractivity contribution < 1.29 is 9.47 Å². The third kappa shape index (κ3) is 6.58. The number of halogens is 1. The van der Waals surface area contributed by atoms with Gasteiger partial charge in [-0.3, -0.25) is 5.43 Å². The smallest absolute Gasteiger partial charge is 0.191 e. The van der Waals surface area contributed by atoms with Crippen LogP contribution in [0.4, 0.5) is 5.69 Å². The number of nitrogens with one attached hydrogen (secondary N) is 2. The van der Waals surface area contributed by atoms with Gasteiger partial charge in [-0.25, -0.2) is 0 Å². The van der Waals surface area contributed by atoms with Gasteiger partial charge in [0.25, 0.3) is 0 Å². The minimum Gasteiger partial charge on any atom is -0.496 e. The summed E-state index contributed by atoms with van der Waals surface area (Å²) in [7, 11) is 1.64. The molecular weight excluding hydrogens is 450 g/mol. The average Bonchev–Trinajstić information content (AvgIpc) is 2.74. The molecule has 0 spiro atoms. The molecule has 0 saturated heterocycles. The third-order valence-corrected chi connectivity index (χ3v) is 4.65. The van der Waals surface area contributed by atoms with E-state index in [1.54, 1.807) is 13.3 Å². The summed E-state index contributed by atoms with van der Waals surface area (Å²) in [6, 6.07) is 23.1. The van der Waals surface area contributed by atoms with Crippen LogP contribution in [0.3, 0.4) is 0 Å². The number of hydrogen-bond acceptors (Lipinski definition) is 4. The molecule has 0 aromatic heterocycles. The molecule has 2 N–H and O–H groups in total. The van der Waals surface area contributed by atoms with Crippen LogP contribution in [0.25, 0.3) is 0 Å². The van der Waals surface area contributed by atoms with Gasteiger partial charge in [0.05, 0.1) is 13.3 Å². The van der Waals surface area contributed by atoms with Gasteiger partial charge < -0.3 is 14.8 Å². The standard InChI is InChI=1S/C22H20BrN3O2S/c1-27-21-12-7-16(13-17(21)15-28-20-10-8-18(23)9-11-20)14-24-26-22(29)25-19-5-3-2-4-6-19/h2-14H,15H2,1H3,(H2,25,26,29). The van der Waals surface area contributed by atoms with Crippen LogP contribution < -0.4 is 20.2 Å². The Balaban J connectivity index is 1.60. The molecule has 148 valence electrons. The maximum Gasteiger partial charge on any atom is 0.191 e. The van der Waals surface area contributed by atoms with Crippen LogP contribution in [0, 0.1) is 0 Å². The van der Waals surface area contributed by atoms with E-state index in [0.717, 1.165) is 32.8 Å². The van der Waals surface area contributed by atoms with Gasteiger partial charge in [0.2, 0.25) is 0 Å². The van der Waals surface area contributed by atoms with Crippen molar-refractivity contribution in [2.24, 2.45) is 5.10 Å². The molecular formula is C22H20BrN3O2S. The number of hydrazone groups is 1. The van der Waals surface area contributed by atoms with E-state index in [1.807, 2.05) is 72.8 Å². The summed E-state index contributed by atoms with van der Waals surface area (Å²) in [6.45, 7) is 0.383. The Hall–Kier alpha value is -2.90. The van der Waals surface area contributed by atoms with E-state index in [4.69, 9.17) is 21.7 Å². The maximum atomic E-state index is 5.86. The number of nitrogens with zero attached hydrogens (tertiary/aromatic N) is 1. The van der Waals surface area contributed by atoms with Gasteiger partial charge in [0.1, 0.15) is 18.1 Å². The molecule has 0 bridgehead atoms. The minimum absolute atomic E-state index is 0.383. The summed E-state index contributed by atoms with van der Waals surface area (Å²) >= 11 is 8.66. The minimum atomic E-state index is 0.383. The van der Waals surface area contributed by atoms with Crippen LogP contribution in [0.15, 0.2) is 82.4 Å². The first kappa shape index (κ1) is 20.8. The first-order chi connectivity index (χ1) is 14.1. The van der Waals surface area contributed by atoms with E-state index < -0.39 is 0 Å². The van der Waals surface area contributed by atoms with Crippen molar-refractivity contribution in [3.63, 3.8) is 0 Å². The number of methoxy groups -OCH3 is 1. The summed E-state index contributed by atoms with van der Waals surface area (Å²) in [5, 5.41) is 7.68. The van der Waals surface area contributed by atoms with E-state index in [2.05, 4.69) is 31.8 Å². The Kier molecular flexibility index (Phi) is 7.61. The molecule has 0 aliphatic heterocycles. The quantitative estimate of drug-likeness (QED) is 0.277. The van der Waals surface area contributed by atoms with Crippen molar-refractivity contribution in [2.75, 3.05) is 12.4 Å². The fourth-order valence-electron chi connectivity index (χ4n) is 2.53. The number of anilines is 1. The molecule has 0 aliphatic carbocycles. The monoisotopic (exact) mass is 469 g/mol. The molecule has 3 rings (SSSR count). The Morgan fingerprint density at radius 2 is 1.83 bits per heavy atom. The molecule has 29 heavy (non-hydrogen) atoms. The molecule has 0 unspecified atom stereocenters. The molecule has 0 heterocycles. The SMILES string of the molecule is COc1ccc(C=NNC(=S)Nc2ccccc2)cc1COc1ccc(Br)cc1. The number of rotatable bonds is 7. The van der Waals surface area contributed by atoms with Crippen molar-refractivity contribution in [1.82, 2.24) is 5.43 Å². The summed E-state index contributed by atoms with van der Waals surface area (Å²) in [5.74, 6) is 1.54. The Morgan fingerprint density at radius 3 is 2.55 bits per heavy atom. The normalized spacial score (nSPS) is 10.6. The topological polar surface area (TPSA) is 54.9 Å². The van der Waals surface area contributed by atoms with Crippen molar-refractivity contribution in [3.8, 4) is 11.5 Å². The molecule has 7 heteroatoms. The predicted molar refractivity (Wildman–Crippen MR) is 125 cm³/mol. The summed E-state index contributed by atoms with van der Waals surface area (Å²) in [6.07, 6.45) is 1.70. The van der Waals surface area contributed by atoms with Gasteiger partial charge in [0, 0.05) is 15.7 Å². The zero-order valence-corrected chi connectivity index (χ0v) is 18.2. The maximum absolute atomic E-state index is 5.86. The van der Waals surface area contributed by atoms with E-state index >= 15 is 0 Å². The lowest BCUT2D eigenvalue weighted by atomic mass is 10.1. The summed E-state index contributed by atoms with van der Waals surface area (Å²) < 4.78 is 12.3. The highest BCUT2D eigenvalue weighted by Gasteiger charge is 2.05. The first-order valence-electron chi connectivity index (χ1n) is 8.84. The van der Waals surface area contributed by atoms with Gasteiger partial charge >= 0.3 is 0 Å². The lowest BCUT2D eigenvalue weighted by Gasteiger charge is -2.11. The molecule has 0 amide bonds. The van der Waals surface area contributed by atoms with Crippen LogP contribution in [-0.2, 0) is 6.61 Å². The Morgan fingerprint density at radius 1 is 1.07 bits per heavy atom. The Labute approximate surface area is 183 Å². The van der Waals surface area contributed by atoms with Crippen molar-refractivity contribution >= 4 is 45.2 Å². The van der Waals surface area contributed by atoms with Gasteiger partial charge in [-0.2, -0.15) is 5.10 Å². The van der Waals surface area contributed by atoms with Crippen LogP contribution >= 0.6 is 28.1 Å². The fraction of sp³-hybridized carbons (Fsp3) is 0.0909. The zero-order chi connectivity index (χ0) is 20.5. The number of thiocarbonyl (C=S) groups is 1. The number of ether oxygens (including phenoxy) is 2. The van der Waals surface area contributed by atoms with E-state index in [1.165, 1.54) is 0 Å². The molecule has 0 aliphatic rings. The highest BCUT2D eigenvalue weighted by Crippen LogP contribution is 2.23. The van der Waals surface area contributed by atoms with Crippen LogP contribution in [0.2, 0.25) is 0 Å². The third-order valence-electron chi connectivity index (χ3n) is 3.92. The highest BCUT2D eigenvalue weighted by molar-refractivity contribution is 9.10. The van der Waals surface area contributed by atoms with Crippen molar-refractivity contribution in [2.45, 2.75) is 6.61 Å². The van der Waals surface area contributed by atoms with Crippen molar-refractivity contribution in [1.29, 1.82) is 0 Å². The zero-order valence-electron chi connectivity index (χ0n) is 15.8. The second-order valence-corrected chi connectivity index (χ2v) is 7.33. The average molecular weight is 470 g/mol. The van der Waals surface area contributed by atoms with Gasteiger partial charge in [-0.1, -0.05) is 34.1 Å². The fourth-order valence-corrected chi connectivity index (χ4v) is 2.96. The van der Waals surface area contributed by atoms with E-state index in [9.17, 15) is 0 Å². The van der Waals surface area contributed by atoms with Crippen LogP contribution in [0.5, 0.6) is 11.5 Å². The highest BCUT2D eigenvalue weighted by atomic mass is 79.9. The van der Waals surface area contributed by atoms with Crippen molar-refractivity contribution in [3.05, 3.63) is 88.4 Å².